The summed E-state index contributed by atoms with van der Waals surface area (Å²) in [5.41, 5.74) is 1.26. The average Bonchev–Trinajstić information content (AvgIpc) is 3.23. The van der Waals surface area contributed by atoms with E-state index in [-0.39, 0.29) is 28.6 Å². The second kappa shape index (κ2) is 8.74. The van der Waals surface area contributed by atoms with Crippen molar-refractivity contribution >= 4 is 39.8 Å². The van der Waals surface area contributed by atoms with Crippen molar-refractivity contribution in [1.29, 1.82) is 5.41 Å². The molecule has 2 aromatic carbocycles. The fourth-order valence-corrected chi connectivity index (χ4v) is 3.89. The molecule has 0 fully saturated rings. The van der Waals surface area contributed by atoms with E-state index in [9.17, 15) is 18.0 Å². The standard InChI is InChI=1S/C22H17F3N4O3S/c1-12(14-6-4-3-5-7-14)32-16-9-8-13(11-17(16)31-2)10-15-18(26)29-21(27-19(15)30)33-20(28-29)22(23,24)25/h3-12,26H,1-2H3/b15-10-,26-18?/t12-/m1/s1. The fourth-order valence-electron chi connectivity index (χ4n) is 3.13. The minimum Gasteiger partial charge on any atom is -0.493 e. The fraction of sp³-hybridized carbons (Fsp3) is 0.182. The number of amidine groups is 2. The number of benzene rings is 2. The van der Waals surface area contributed by atoms with E-state index in [2.05, 4.69) is 10.1 Å². The van der Waals surface area contributed by atoms with E-state index < -0.39 is 23.0 Å². The first-order valence-electron chi connectivity index (χ1n) is 9.64. The van der Waals surface area contributed by atoms with Crippen molar-refractivity contribution in [1.82, 2.24) is 5.01 Å². The van der Waals surface area contributed by atoms with Crippen LogP contribution in [0.25, 0.3) is 6.08 Å². The van der Waals surface area contributed by atoms with Gasteiger partial charge in [0.05, 0.1) is 12.7 Å². The van der Waals surface area contributed by atoms with Crippen LogP contribution in [0, 0.1) is 5.41 Å². The number of halogens is 3. The van der Waals surface area contributed by atoms with E-state index in [1.54, 1.807) is 18.2 Å². The Bertz CT molecular complexity index is 1210. The highest BCUT2D eigenvalue weighted by Crippen LogP contribution is 2.36. The third kappa shape index (κ3) is 4.63. The maximum Gasteiger partial charge on any atom is 0.441 e. The minimum atomic E-state index is -4.70. The topological polar surface area (TPSA) is 87.3 Å². The predicted molar refractivity (Wildman–Crippen MR) is 120 cm³/mol. The number of fused-ring (bicyclic) bond motifs is 1. The summed E-state index contributed by atoms with van der Waals surface area (Å²) in [4.78, 5) is 16.1. The molecule has 0 spiro atoms. The Balaban J connectivity index is 1.60. The largest absolute Gasteiger partial charge is 0.493 e. The van der Waals surface area contributed by atoms with Crippen molar-refractivity contribution < 1.29 is 27.4 Å². The average molecular weight is 474 g/mol. The lowest BCUT2D eigenvalue weighted by Gasteiger charge is -2.20. The maximum absolute atomic E-state index is 13.0. The van der Waals surface area contributed by atoms with E-state index >= 15 is 0 Å². The Kier molecular flexibility index (Phi) is 5.98. The van der Waals surface area contributed by atoms with Gasteiger partial charge >= 0.3 is 6.18 Å². The second-order valence-corrected chi connectivity index (χ2v) is 7.96. The van der Waals surface area contributed by atoms with Crippen LogP contribution < -0.4 is 9.47 Å². The Morgan fingerprint density at radius 2 is 1.88 bits per heavy atom. The second-order valence-electron chi connectivity index (χ2n) is 7.00. The molecule has 0 unspecified atom stereocenters. The van der Waals surface area contributed by atoms with Crippen LogP contribution in [0.2, 0.25) is 0 Å². The minimum absolute atomic E-state index is 0.195. The SMILES string of the molecule is COc1cc(/C=C2/C(=N)N3N=C(C(F)(F)F)SC3=NC2=O)ccc1O[C@H](C)c1ccccc1. The molecule has 1 atom stereocenters. The first-order chi connectivity index (χ1) is 15.7. The number of amides is 1. The van der Waals surface area contributed by atoms with Gasteiger partial charge in [-0.1, -0.05) is 36.4 Å². The molecule has 33 heavy (non-hydrogen) atoms. The number of carbonyl (C=O) groups is 1. The molecule has 0 aromatic heterocycles. The normalized spacial score (nSPS) is 18.1. The van der Waals surface area contributed by atoms with Crippen LogP contribution in [0.3, 0.4) is 0 Å². The van der Waals surface area contributed by atoms with Gasteiger partial charge in [0.25, 0.3) is 5.91 Å². The lowest BCUT2D eigenvalue weighted by atomic mass is 10.1. The van der Waals surface area contributed by atoms with Crippen LogP contribution in [-0.4, -0.2) is 40.2 Å². The number of carbonyl (C=O) groups excluding carboxylic acids is 1. The summed E-state index contributed by atoms with van der Waals surface area (Å²) in [5.74, 6) is -0.458. The number of nitrogens with one attached hydrogen (secondary N) is 1. The van der Waals surface area contributed by atoms with Gasteiger partial charge in [-0.25, -0.2) is 0 Å². The Labute approximate surface area is 191 Å². The van der Waals surface area contributed by atoms with Gasteiger partial charge in [0.15, 0.2) is 17.3 Å². The van der Waals surface area contributed by atoms with Gasteiger partial charge in [-0.05, 0) is 48.0 Å². The van der Waals surface area contributed by atoms with Crippen molar-refractivity contribution in [3.63, 3.8) is 0 Å². The summed E-state index contributed by atoms with van der Waals surface area (Å²) in [7, 11) is 1.46. The van der Waals surface area contributed by atoms with Crippen LogP contribution in [0.5, 0.6) is 11.5 Å². The first-order valence-corrected chi connectivity index (χ1v) is 10.5. The van der Waals surface area contributed by atoms with Gasteiger partial charge in [-0.3, -0.25) is 10.2 Å². The van der Waals surface area contributed by atoms with E-state index in [4.69, 9.17) is 14.9 Å². The third-order valence-electron chi connectivity index (χ3n) is 4.77. The lowest BCUT2D eigenvalue weighted by Crippen LogP contribution is -2.35. The van der Waals surface area contributed by atoms with Gasteiger partial charge in [0.2, 0.25) is 10.2 Å². The smallest absolute Gasteiger partial charge is 0.441 e. The van der Waals surface area contributed by atoms with Crippen molar-refractivity contribution in [2.45, 2.75) is 19.2 Å². The number of hydrogen-bond acceptors (Lipinski definition) is 6. The Morgan fingerprint density at radius 3 is 2.55 bits per heavy atom. The van der Waals surface area contributed by atoms with Crippen molar-refractivity contribution in [2.75, 3.05) is 7.11 Å². The van der Waals surface area contributed by atoms with E-state index in [1.807, 2.05) is 37.3 Å². The number of ether oxygens (including phenoxy) is 2. The number of rotatable bonds is 5. The van der Waals surface area contributed by atoms with Gasteiger partial charge < -0.3 is 9.47 Å². The molecule has 4 rings (SSSR count). The molecule has 7 nitrogen and oxygen atoms in total. The number of aliphatic imine (C=N–C) groups is 1. The zero-order chi connectivity index (χ0) is 23.8. The van der Waals surface area contributed by atoms with Crippen molar-refractivity contribution in [2.24, 2.45) is 10.1 Å². The molecule has 2 aliphatic heterocycles. The highest BCUT2D eigenvalue weighted by molar-refractivity contribution is 8.27. The number of hydrogen-bond donors (Lipinski definition) is 1. The summed E-state index contributed by atoms with van der Waals surface area (Å²) in [6.07, 6.45) is -3.60. The van der Waals surface area contributed by atoms with Crippen LogP contribution in [0.1, 0.15) is 24.2 Å². The molecule has 2 aromatic rings. The molecule has 2 aliphatic rings. The molecule has 170 valence electrons. The summed E-state index contributed by atoms with van der Waals surface area (Å²) >= 11 is 0.205. The first kappa shape index (κ1) is 22.6. The highest BCUT2D eigenvalue weighted by Gasteiger charge is 2.46. The molecule has 11 heteroatoms. The molecule has 0 bridgehead atoms. The van der Waals surface area contributed by atoms with E-state index in [0.29, 0.717) is 22.1 Å². The van der Waals surface area contributed by atoms with Gasteiger partial charge in [0, 0.05) is 0 Å². The lowest BCUT2D eigenvalue weighted by molar-refractivity contribution is -0.114. The van der Waals surface area contributed by atoms with Crippen LogP contribution >= 0.6 is 11.8 Å². The quantitative estimate of drug-likeness (QED) is 0.615. The number of hydrazone groups is 1. The zero-order valence-corrected chi connectivity index (χ0v) is 18.2. The zero-order valence-electron chi connectivity index (χ0n) is 17.4. The summed E-state index contributed by atoms with van der Waals surface area (Å²) < 4.78 is 50.3. The van der Waals surface area contributed by atoms with E-state index in [0.717, 1.165) is 5.56 Å². The Hall–Kier alpha value is -3.60. The Morgan fingerprint density at radius 1 is 1.15 bits per heavy atom. The van der Waals surface area contributed by atoms with Crippen molar-refractivity contribution in [3.8, 4) is 11.5 Å². The van der Waals surface area contributed by atoms with Gasteiger partial charge in [0.1, 0.15) is 6.10 Å². The number of thioether (sulfide) groups is 1. The van der Waals surface area contributed by atoms with E-state index in [1.165, 1.54) is 13.2 Å². The highest BCUT2D eigenvalue weighted by atomic mass is 32.2. The molecular formula is C22H17F3N4O3S. The molecule has 1 N–H and O–H groups in total. The van der Waals surface area contributed by atoms with Crippen LogP contribution in [0.15, 0.2) is 64.2 Å². The third-order valence-corrected chi connectivity index (χ3v) is 5.72. The monoisotopic (exact) mass is 474 g/mol. The molecule has 0 saturated carbocycles. The molecular weight excluding hydrogens is 457 g/mol. The van der Waals surface area contributed by atoms with Crippen LogP contribution in [-0.2, 0) is 4.79 Å². The summed E-state index contributed by atoms with van der Waals surface area (Å²) in [5, 5.41) is 10.8. The molecule has 0 aliphatic carbocycles. The summed E-state index contributed by atoms with van der Waals surface area (Å²) in [6.45, 7) is 1.89. The van der Waals surface area contributed by atoms with Gasteiger partial charge in [-0.2, -0.15) is 28.3 Å². The number of alkyl halides is 3. The maximum atomic E-state index is 13.0. The number of nitrogens with zero attached hydrogens (tertiary/aromatic N) is 3. The van der Waals surface area contributed by atoms with Crippen molar-refractivity contribution in [3.05, 3.63) is 65.2 Å². The van der Waals surface area contributed by atoms with Gasteiger partial charge in [-0.15, -0.1) is 0 Å². The van der Waals surface area contributed by atoms with Crippen LogP contribution in [0.4, 0.5) is 13.2 Å². The molecule has 0 radical (unpaired) electrons. The molecule has 1 amide bonds. The molecule has 2 heterocycles. The molecule has 0 saturated heterocycles. The predicted octanol–water partition coefficient (Wildman–Crippen LogP) is 5.02. The summed E-state index contributed by atoms with van der Waals surface area (Å²) in [6, 6.07) is 14.5. The number of methoxy groups -OCH3 is 1.